The maximum absolute atomic E-state index is 11.3. The number of nitrogens with zero attached hydrogens (tertiary/aromatic N) is 2. The molecular formula is C25H23N5O2. The van der Waals surface area contributed by atoms with Gasteiger partial charge in [0.05, 0.1) is 11.4 Å². The summed E-state index contributed by atoms with van der Waals surface area (Å²) in [6.07, 6.45) is 1.68. The van der Waals surface area contributed by atoms with E-state index in [0.29, 0.717) is 29.7 Å². The second kappa shape index (κ2) is 9.61. The van der Waals surface area contributed by atoms with Crippen molar-refractivity contribution in [3.63, 3.8) is 0 Å². The first-order valence-electron chi connectivity index (χ1n) is 10.1. The van der Waals surface area contributed by atoms with Crippen LogP contribution in [0.3, 0.4) is 0 Å². The predicted octanol–water partition coefficient (Wildman–Crippen LogP) is 5.01. The fourth-order valence-electron chi connectivity index (χ4n) is 3.16. The Hall–Kier alpha value is -4.39. The number of benzene rings is 3. The molecule has 0 spiro atoms. The molecule has 0 bridgehead atoms. The highest BCUT2D eigenvalue weighted by atomic mass is 16.5. The van der Waals surface area contributed by atoms with Crippen molar-refractivity contribution in [1.82, 2.24) is 9.97 Å². The summed E-state index contributed by atoms with van der Waals surface area (Å²) < 4.78 is 5.86. The number of rotatable bonds is 7. The van der Waals surface area contributed by atoms with Crippen LogP contribution in [0.25, 0.3) is 11.3 Å². The van der Waals surface area contributed by atoms with Gasteiger partial charge in [0, 0.05) is 30.1 Å². The highest BCUT2D eigenvalue weighted by Crippen LogP contribution is 2.29. The third-order valence-electron chi connectivity index (χ3n) is 4.64. The predicted molar refractivity (Wildman–Crippen MR) is 127 cm³/mol. The van der Waals surface area contributed by atoms with Crippen LogP contribution in [0.4, 0.5) is 23.0 Å². The zero-order chi connectivity index (χ0) is 22.3. The molecule has 0 aliphatic heterocycles. The zero-order valence-corrected chi connectivity index (χ0v) is 17.6. The minimum absolute atomic E-state index is 0.130. The first-order valence-corrected chi connectivity index (χ1v) is 10.1. The second-order valence-corrected chi connectivity index (χ2v) is 7.18. The molecule has 0 saturated carbocycles. The summed E-state index contributed by atoms with van der Waals surface area (Å²) in [5.74, 6) is 0.930. The van der Waals surface area contributed by atoms with E-state index in [1.807, 2.05) is 78.9 Å². The van der Waals surface area contributed by atoms with Gasteiger partial charge in [-0.1, -0.05) is 36.4 Å². The number of ether oxygens (including phenoxy) is 1. The SMILES string of the molecule is CC(=O)Nc1cccc(Nc2nccc(-c3ccc(OCc4ccccc4)c(N)c3)n2)c1. The molecule has 0 radical (unpaired) electrons. The van der Waals surface area contributed by atoms with Crippen LogP contribution in [0.15, 0.2) is 85.1 Å². The lowest BCUT2D eigenvalue weighted by Gasteiger charge is -2.11. The van der Waals surface area contributed by atoms with E-state index in [1.54, 1.807) is 6.20 Å². The van der Waals surface area contributed by atoms with Gasteiger partial charge in [0.15, 0.2) is 0 Å². The molecule has 0 aliphatic rings. The third kappa shape index (κ3) is 5.40. The quantitative estimate of drug-likeness (QED) is 0.360. The molecule has 0 fully saturated rings. The smallest absolute Gasteiger partial charge is 0.227 e. The Kier molecular flexibility index (Phi) is 6.27. The van der Waals surface area contributed by atoms with Gasteiger partial charge in [0.1, 0.15) is 12.4 Å². The average molecular weight is 425 g/mol. The van der Waals surface area contributed by atoms with Gasteiger partial charge < -0.3 is 21.1 Å². The molecule has 4 aromatic rings. The molecule has 0 atom stereocenters. The molecule has 32 heavy (non-hydrogen) atoms. The van der Waals surface area contributed by atoms with Crippen LogP contribution in [-0.2, 0) is 11.4 Å². The van der Waals surface area contributed by atoms with Crippen LogP contribution < -0.4 is 21.1 Å². The summed E-state index contributed by atoms with van der Waals surface area (Å²) >= 11 is 0. The van der Waals surface area contributed by atoms with Crippen molar-refractivity contribution in [2.75, 3.05) is 16.4 Å². The van der Waals surface area contributed by atoms with Crippen LogP contribution in [0.2, 0.25) is 0 Å². The minimum atomic E-state index is -0.130. The lowest BCUT2D eigenvalue weighted by Crippen LogP contribution is -2.06. The minimum Gasteiger partial charge on any atom is -0.487 e. The van der Waals surface area contributed by atoms with E-state index in [0.717, 1.165) is 22.5 Å². The van der Waals surface area contributed by atoms with Crippen molar-refractivity contribution in [3.05, 3.63) is 90.6 Å². The average Bonchev–Trinajstić information content (AvgIpc) is 2.79. The molecule has 1 heterocycles. The molecule has 0 saturated heterocycles. The lowest BCUT2D eigenvalue weighted by molar-refractivity contribution is -0.114. The molecule has 4 rings (SSSR count). The summed E-state index contributed by atoms with van der Waals surface area (Å²) in [6, 6.07) is 24.7. The number of nitrogen functional groups attached to an aromatic ring is 1. The fourth-order valence-corrected chi connectivity index (χ4v) is 3.16. The van der Waals surface area contributed by atoms with Gasteiger partial charge in [-0.2, -0.15) is 0 Å². The standard InChI is InChI=1S/C25H23N5O2/c1-17(31)28-20-8-5-9-21(15-20)29-25-27-13-12-23(30-25)19-10-11-24(22(26)14-19)32-16-18-6-3-2-4-7-18/h2-15H,16,26H2,1H3,(H,28,31)(H,27,29,30). The first-order chi connectivity index (χ1) is 15.6. The number of nitrogens with two attached hydrogens (primary N) is 1. The second-order valence-electron chi connectivity index (χ2n) is 7.18. The van der Waals surface area contributed by atoms with Gasteiger partial charge in [-0.05, 0) is 48.0 Å². The summed E-state index contributed by atoms with van der Waals surface area (Å²) in [6.45, 7) is 1.92. The van der Waals surface area contributed by atoms with E-state index >= 15 is 0 Å². The van der Waals surface area contributed by atoms with Crippen LogP contribution >= 0.6 is 0 Å². The van der Waals surface area contributed by atoms with Crippen molar-refractivity contribution in [2.45, 2.75) is 13.5 Å². The van der Waals surface area contributed by atoms with Crippen molar-refractivity contribution < 1.29 is 9.53 Å². The Morgan fingerprint density at radius 1 is 0.969 bits per heavy atom. The molecule has 7 heteroatoms. The van der Waals surface area contributed by atoms with E-state index in [-0.39, 0.29) is 5.91 Å². The highest BCUT2D eigenvalue weighted by molar-refractivity contribution is 5.89. The van der Waals surface area contributed by atoms with Crippen LogP contribution in [0, 0.1) is 0 Å². The number of amides is 1. The molecule has 0 unspecified atom stereocenters. The molecule has 160 valence electrons. The van der Waals surface area contributed by atoms with Crippen LogP contribution in [0.1, 0.15) is 12.5 Å². The zero-order valence-electron chi connectivity index (χ0n) is 17.6. The Morgan fingerprint density at radius 3 is 2.56 bits per heavy atom. The lowest BCUT2D eigenvalue weighted by atomic mass is 10.1. The van der Waals surface area contributed by atoms with Gasteiger partial charge in [-0.3, -0.25) is 4.79 Å². The van der Waals surface area contributed by atoms with E-state index in [9.17, 15) is 4.79 Å². The molecule has 1 aromatic heterocycles. The Balaban J connectivity index is 1.48. The third-order valence-corrected chi connectivity index (χ3v) is 4.64. The number of carbonyl (C=O) groups is 1. The Labute approximate surface area is 186 Å². The molecular weight excluding hydrogens is 402 g/mol. The Morgan fingerprint density at radius 2 is 1.78 bits per heavy atom. The largest absolute Gasteiger partial charge is 0.487 e. The normalized spacial score (nSPS) is 10.4. The maximum Gasteiger partial charge on any atom is 0.227 e. The Bertz CT molecular complexity index is 1230. The first kappa shape index (κ1) is 20.9. The molecule has 3 aromatic carbocycles. The van der Waals surface area contributed by atoms with Crippen molar-refractivity contribution in [3.8, 4) is 17.0 Å². The van der Waals surface area contributed by atoms with Crippen molar-refractivity contribution in [2.24, 2.45) is 0 Å². The van der Waals surface area contributed by atoms with Gasteiger partial charge in [-0.15, -0.1) is 0 Å². The fraction of sp³-hybridized carbons (Fsp3) is 0.0800. The van der Waals surface area contributed by atoms with E-state index in [2.05, 4.69) is 20.6 Å². The van der Waals surface area contributed by atoms with Crippen molar-refractivity contribution >= 4 is 28.9 Å². The van der Waals surface area contributed by atoms with Gasteiger partial charge >= 0.3 is 0 Å². The number of nitrogens with one attached hydrogen (secondary N) is 2. The molecule has 7 nitrogen and oxygen atoms in total. The number of hydrogen-bond donors (Lipinski definition) is 3. The van der Waals surface area contributed by atoms with E-state index < -0.39 is 0 Å². The number of carbonyl (C=O) groups excluding carboxylic acids is 1. The summed E-state index contributed by atoms with van der Waals surface area (Å²) in [5, 5.41) is 5.92. The number of anilines is 4. The molecule has 0 aliphatic carbocycles. The van der Waals surface area contributed by atoms with Crippen LogP contribution in [0.5, 0.6) is 5.75 Å². The summed E-state index contributed by atoms with van der Waals surface area (Å²) in [4.78, 5) is 20.1. The topological polar surface area (TPSA) is 102 Å². The van der Waals surface area contributed by atoms with E-state index in [4.69, 9.17) is 10.5 Å². The molecule has 1 amide bonds. The molecule has 4 N–H and O–H groups in total. The van der Waals surface area contributed by atoms with Crippen LogP contribution in [-0.4, -0.2) is 15.9 Å². The number of aromatic nitrogens is 2. The maximum atomic E-state index is 11.3. The van der Waals surface area contributed by atoms with E-state index in [1.165, 1.54) is 6.92 Å². The van der Waals surface area contributed by atoms with Crippen molar-refractivity contribution in [1.29, 1.82) is 0 Å². The highest BCUT2D eigenvalue weighted by Gasteiger charge is 2.08. The van der Waals surface area contributed by atoms with Gasteiger partial charge in [0.2, 0.25) is 11.9 Å². The monoisotopic (exact) mass is 425 g/mol. The summed E-state index contributed by atoms with van der Waals surface area (Å²) in [5.41, 5.74) is 10.9. The summed E-state index contributed by atoms with van der Waals surface area (Å²) in [7, 11) is 0. The number of hydrogen-bond acceptors (Lipinski definition) is 6. The van der Waals surface area contributed by atoms with Gasteiger partial charge in [0.25, 0.3) is 0 Å². The van der Waals surface area contributed by atoms with Gasteiger partial charge in [-0.25, -0.2) is 9.97 Å².